The van der Waals surface area contributed by atoms with Crippen molar-refractivity contribution in [3.8, 4) is 5.75 Å². The van der Waals surface area contributed by atoms with Crippen LogP contribution in [0, 0.1) is 5.41 Å². The molecular formula is C18H28N2O3. The van der Waals surface area contributed by atoms with Gasteiger partial charge < -0.3 is 15.0 Å². The van der Waals surface area contributed by atoms with Crippen LogP contribution in [0.5, 0.6) is 5.75 Å². The van der Waals surface area contributed by atoms with Gasteiger partial charge in [-0.15, -0.1) is 0 Å². The molecule has 128 valence electrons. The third kappa shape index (κ3) is 6.72. The summed E-state index contributed by atoms with van der Waals surface area (Å²) in [6.45, 7) is 8.68. The molecule has 0 aliphatic rings. The number of hydrogen-bond acceptors (Lipinski definition) is 3. The summed E-state index contributed by atoms with van der Waals surface area (Å²) in [4.78, 5) is 26.3. The predicted molar refractivity (Wildman–Crippen MR) is 92.6 cm³/mol. The maximum absolute atomic E-state index is 12.4. The molecular weight excluding hydrogens is 292 g/mol. The lowest BCUT2D eigenvalue weighted by Crippen LogP contribution is -2.40. The van der Waals surface area contributed by atoms with Crippen molar-refractivity contribution in [1.82, 2.24) is 4.90 Å². The summed E-state index contributed by atoms with van der Waals surface area (Å²) in [5.74, 6) is 0.392. The van der Waals surface area contributed by atoms with E-state index in [-0.39, 0.29) is 23.8 Å². The number of hydrogen-bond donors (Lipinski definition) is 1. The number of nitrogens with one attached hydrogen (secondary N) is 1. The molecule has 1 aromatic rings. The van der Waals surface area contributed by atoms with Crippen molar-refractivity contribution in [2.45, 2.75) is 40.5 Å². The zero-order valence-corrected chi connectivity index (χ0v) is 14.8. The topological polar surface area (TPSA) is 58.6 Å². The van der Waals surface area contributed by atoms with E-state index in [1.54, 1.807) is 24.1 Å². The first-order chi connectivity index (χ1) is 10.8. The van der Waals surface area contributed by atoms with Crippen molar-refractivity contribution in [2.75, 3.05) is 25.5 Å². The third-order valence-electron chi connectivity index (χ3n) is 3.24. The molecule has 5 nitrogen and oxygen atoms in total. The number of ether oxygens (including phenoxy) is 1. The molecule has 0 aliphatic heterocycles. The highest BCUT2D eigenvalue weighted by Crippen LogP contribution is 2.23. The number of carbonyl (C=O) groups is 2. The zero-order valence-electron chi connectivity index (χ0n) is 14.8. The molecule has 0 spiro atoms. The van der Waals surface area contributed by atoms with E-state index in [0.717, 1.165) is 6.42 Å². The van der Waals surface area contributed by atoms with Gasteiger partial charge in [-0.2, -0.15) is 0 Å². The van der Waals surface area contributed by atoms with Crippen LogP contribution in [0.25, 0.3) is 0 Å². The van der Waals surface area contributed by atoms with Gasteiger partial charge in [0.15, 0.2) is 0 Å². The van der Waals surface area contributed by atoms with Gasteiger partial charge in [0.25, 0.3) is 0 Å². The Morgan fingerprint density at radius 3 is 2.43 bits per heavy atom. The maximum Gasteiger partial charge on any atom is 0.244 e. The molecule has 1 aromatic carbocycles. The Bertz CT molecular complexity index is 535. The lowest BCUT2D eigenvalue weighted by atomic mass is 9.91. The summed E-state index contributed by atoms with van der Waals surface area (Å²) in [5, 5.41) is 2.81. The summed E-state index contributed by atoms with van der Waals surface area (Å²) < 4.78 is 5.22. The van der Waals surface area contributed by atoms with Crippen LogP contribution in [0.2, 0.25) is 0 Å². The molecule has 0 fully saturated rings. The molecule has 0 aromatic heterocycles. The average Bonchev–Trinajstić information content (AvgIpc) is 2.45. The smallest absolute Gasteiger partial charge is 0.244 e. The van der Waals surface area contributed by atoms with E-state index in [0.29, 0.717) is 24.4 Å². The first-order valence-electron chi connectivity index (χ1n) is 7.97. The van der Waals surface area contributed by atoms with Crippen LogP contribution < -0.4 is 10.1 Å². The summed E-state index contributed by atoms with van der Waals surface area (Å²) in [7, 11) is 1.56. The number of para-hydroxylation sites is 2. The Balaban J connectivity index is 2.72. The predicted octanol–water partition coefficient (Wildman–Crippen LogP) is 3.31. The van der Waals surface area contributed by atoms with E-state index in [4.69, 9.17) is 4.74 Å². The lowest BCUT2D eigenvalue weighted by molar-refractivity contribution is -0.136. The standard InChI is InChI=1S/C18H28N2O3/c1-6-11-20(17(22)12-18(2,3)4)13-16(21)19-14-9-7-8-10-15(14)23-5/h7-10H,6,11-13H2,1-5H3,(H,19,21). The van der Waals surface area contributed by atoms with Gasteiger partial charge in [0.05, 0.1) is 19.3 Å². The summed E-state index contributed by atoms with van der Waals surface area (Å²) >= 11 is 0. The van der Waals surface area contributed by atoms with Crippen molar-refractivity contribution in [3.63, 3.8) is 0 Å². The first-order valence-corrected chi connectivity index (χ1v) is 7.97. The molecule has 0 radical (unpaired) electrons. The van der Waals surface area contributed by atoms with Crippen molar-refractivity contribution in [2.24, 2.45) is 5.41 Å². The van der Waals surface area contributed by atoms with Crippen LogP contribution in [0.15, 0.2) is 24.3 Å². The van der Waals surface area contributed by atoms with Gasteiger partial charge in [0, 0.05) is 13.0 Å². The molecule has 0 unspecified atom stereocenters. The molecule has 0 saturated carbocycles. The fraction of sp³-hybridized carbons (Fsp3) is 0.556. The van der Waals surface area contributed by atoms with E-state index in [2.05, 4.69) is 5.32 Å². The second kappa shape index (κ2) is 8.56. The van der Waals surface area contributed by atoms with Gasteiger partial charge in [0.2, 0.25) is 11.8 Å². The minimum absolute atomic E-state index is 0.00882. The number of anilines is 1. The van der Waals surface area contributed by atoms with Crippen LogP contribution in [0.3, 0.4) is 0 Å². The highest BCUT2D eigenvalue weighted by atomic mass is 16.5. The lowest BCUT2D eigenvalue weighted by Gasteiger charge is -2.26. The molecule has 0 saturated heterocycles. The molecule has 0 bridgehead atoms. The van der Waals surface area contributed by atoms with E-state index in [9.17, 15) is 9.59 Å². The Morgan fingerprint density at radius 2 is 1.87 bits per heavy atom. The zero-order chi connectivity index (χ0) is 17.5. The molecule has 1 N–H and O–H groups in total. The molecule has 0 aliphatic carbocycles. The molecule has 5 heteroatoms. The first kappa shape index (κ1) is 19.0. The van der Waals surface area contributed by atoms with Gasteiger partial charge in [-0.3, -0.25) is 9.59 Å². The quantitative estimate of drug-likeness (QED) is 0.838. The fourth-order valence-corrected chi connectivity index (χ4v) is 2.24. The minimum atomic E-state index is -0.217. The number of nitrogens with zero attached hydrogens (tertiary/aromatic N) is 1. The van der Waals surface area contributed by atoms with Crippen LogP contribution in [-0.2, 0) is 9.59 Å². The molecule has 23 heavy (non-hydrogen) atoms. The largest absolute Gasteiger partial charge is 0.495 e. The summed E-state index contributed by atoms with van der Waals surface area (Å²) in [6, 6.07) is 7.22. The molecule has 0 heterocycles. The highest BCUT2D eigenvalue weighted by Gasteiger charge is 2.22. The average molecular weight is 320 g/mol. The SMILES string of the molecule is CCCN(CC(=O)Nc1ccccc1OC)C(=O)CC(C)(C)C. The van der Waals surface area contributed by atoms with Gasteiger partial charge in [-0.1, -0.05) is 39.8 Å². The Labute approximate surface area is 139 Å². The molecule has 0 atom stereocenters. The number of rotatable bonds is 7. The van der Waals surface area contributed by atoms with Crippen LogP contribution in [0.4, 0.5) is 5.69 Å². The van der Waals surface area contributed by atoms with Crippen molar-refractivity contribution >= 4 is 17.5 Å². The van der Waals surface area contributed by atoms with Crippen molar-refractivity contribution in [1.29, 1.82) is 0 Å². The summed E-state index contributed by atoms with van der Waals surface area (Å²) in [6.07, 6.45) is 1.24. The van der Waals surface area contributed by atoms with Crippen LogP contribution in [0.1, 0.15) is 40.5 Å². The minimum Gasteiger partial charge on any atom is -0.495 e. The van der Waals surface area contributed by atoms with E-state index in [1.165, 1.54) is 0 Å². The Hall–Kier alpha value is -2.04. The Kier molecular flexibility index (Phi) is 7.07. The van der Waals surface area contributed by atoms with E-state index < -0.39 is 0 Å². The fourth-order valence-electron chi connectivity index (χ4n) is 2.24. The van der Waals surface area contributed by atoms with E-state index >= 15 is 0 Å². The summed E-state index contributed by atoms with van der Waals surface area (Å²) in [5.41, 5.74) is 0.516. The molecule has 1 rings (SSSR count). The Morgan fingerprint density at radius 1 is 1.22 bits per heavy atom. The third-order valence-corrected chi connectivity index (χ3v) is 3.24. The second-order valence-electron chi connectivity index (χ2n) is 6.80. The molecule has 2 amide bonds. The number of benzene rings is 1. The van der Waals surface area contributed by atoms with Crippen LogP contribution in [-0.4, -0.2) is 36.9 Å². The highest BCUT2D eigenvalue weighted by molar-refractivity contribution is 5.95. The van der Waals surface area contributed by atoms with Crippen molar-refractivity contribution in [3.05, 3.63) is 24.3 Å². The number of carbonyl (C=O) groups excluding carboxylic acids is 2. The van der Waals surface area contributed by atoms with E-state index in [1.807, 2.05) is 39.8 Å². The van der Waals surface area contributed by atoms with Gasteiger partial charge >= 0.3 is 0 Å². The number of methoxy groups -OCH3 is 1. The maximum atomic E-state index is 12.4. The van der Waals surface area contributed by atoms with Gasteiger partial charge in [-0.05, 0) is 24.0 Å². The van der Waals surface area contributed by atoms with Gasteiger partial charge in [-0.25, -0.2) is 0 Å². The second-order valence-corrected chi connectivity index (χ2v) is 6.80. The number of amides is 2. The monoisotopic (exact) mass is 320 g/mol. The van der Waals surface area contributed by atoms with Crippen LogP contribution >= 0.6 is 0 Å². The van der Waals surface area contributed by atoms with Crippen molar-refractivity contribution < 1.29 is 14.3 Å². The van der Waals surface area contributed by atoms with Gasteiger partial charge in [0.1, 0.15) is 5.75 Å². The normalized spacial score (nSPS) is 11.0.